The Morgan fingerprint density at radius 1 is 1.33 bits per heavy atom. The third-order valence-corrected chi connectivity index (χ3v) is 3.56. The monoisotopic (exact) mass is 278 g/mol. The molecule has 0 saturated heterocycles. The maximum absolute atomic E-state index is 11.7. The van der Waals surface area contributed by atoms with Gasteiger partial charge in [-0.1, -0.05) is 28.2 Å². The van der Waals surface area contributed by atoms with Crippen LogP contribution in [0.5, 0.6) is 0 Å². The fourth-order valence-electron chi connectivity index (χ4n) is 1.72. The Kier molecular flexibility index (Phi) is 2.81. The van der Waals surface area contributed by atoms with Crippen molar-refractivity contribution in [2.45, 2.75) is 6.54 Å². The van der Waals surface area contributed by atoms with Crippen LogP contribution < -0.4 is 5.43 Å². The number of nitrogens with zero attached hydrogens (tertiary/aromatic N) is 4. The molecule has 0 radical (unpaired) electrons. The number of hydrogen-bond acceptors (Lipinski definition) is 5. The molecule has 2 aromatic heterocycles. The van der Waals surface area contributed by atoms with E-state index in [1.807, 2.05) is 18.2 Å². The number of para-hydroxylation sites is 1. The number of halogens is 1. The van der Waals surface area contributed by atoms with Crippen molar-refractivity contribution in [3.05, 3.63) is 50.7 Å². The maximum Gasteiger partial charge on any atom is 0.207 e. The molecule has 5 nitrogen and oxygen atoms in total. The van der Waals surface area contributed by atoms with E-state index in [1.54, 1.807) is 10.7 Å². The van der Waals surface area contributed by atoms with Crippen molar-refractivity contribution in [2.24, 2.45) is 0 Å². The highest BCUT2D eigenvalue weighted by atomic mass is 35.5. The summed E-state index contributed by atoms with van der Waals surface area (Å²) in [6.07, 6.45) is 1.30. The molecule has 0 fully saturated rings. The lowest BCUT2D eigenvalue weighted by Gasteiger charge is -2.07. The lowest BCUT2D eigenvalue weighted by atomic mass is 10.2. The van der Waals surface area contributed by atoms with Gasteiger partial charge in [0.2, 0.25) is 5.43 Å². The molecular formula is C11H7ClN4OS. The summed E-state index contributed by atoms with van der Waals surface area (Å²) in [6, 6.07) is 7.31. The Morgan fingerprint density at radius 3 is 2.94 bits per heavy atom. The molecule has 0 spiro atoms. The Morgan fingerprint density at radius 2 is 2.17 bits per heavy atom. The molecule has 0 saturated carbocycles. The maximum atomic E-state index is 11.7. The van der Waals surface area contributed by atoms with E-state index in [2.05, 4.69) is 14.7 Å². The Balaban J connectivity index is 2.16. The van der Waals surface area contributed by atoms with Crippen molar-refractivity contribution in [1.29, 1.82) is 0 Å². The highest BCUT2D eigenvalue weighted by Gasteiger charge is 2.09. The average molecular weight is 279 g/mol. The number of aromatic nitrogens is 4. The minimum Gasteiger partial charge on any atom is -0.287 e. The van der Waals surface area contributed by atoms with Gasteiger partial charge in [-0.2, -0.15) is 5.10 Å². The molecule has 0 bridgehead atoms. The van der Waals surface area contributed by atoms with Gasteiger partial charge in [0, 0.05) is 16.9 Å². The van der Waals surface area contributed by atoms with Gasteiger partial charge in [0.05, 0.1) is 18.3 Å². The molecule has 90 valence electrons. The van der Waals surface area contributed by atoms with Crippen LogP contribution in [0.15, 0.2) is 35.3 Å². The molecule has 0 unspecified atom stereocenters. The minimum atomic E-state index is -0.0932. The molecule has 0 aliphatic heterocycles. The first kappa shape index (κ1) is 11.3. The second kappa shape index (κ2) is 4.47. The van der Waals surface area contributed by atoms with E-state index < -0.39 is 0 Å². The third kappa shape index (κ3) is 1.89. The number of benzene rings is 1. The molecule has 1 aromatic carbocycles. The van der Waals surface area contributed by atoms with Crippen LogP contribution in [0, 0.1) is 0 Å². The fourth-order valence-corrected chi connectivity index (χ4v) is 2.33. The molecule has 0 N–H and O–H groups in total. The second-order valence-corrected chi connectivity index (χ2v) is 5.03. The summed E-state index contributed by atoms with van der Waals surface area (Å²) in [5, 5.41) is 8.67. The van der Waals surface area contributed by atoms with Gasteiger partial charge >= 0.3 is 0 Å². The van der Waals surface area contributed by atoms with Crippen LogP contribution in [-0.4, -0.2) is 19.4 Å². The predicted octanol–water partition coefficient (Wildman–Crippen LogP) is 1.95. The highest BCUT2D eigenvalue weighted by Crippen LogP contribution is 2.19. The van der Waals surface area contributed by atoms with Crippen molar-refractivity contribution in [3.63, 3.8) is 0 Å². The van der Waals surface area contributed by atoms with Gasteiger partial charge in [-0.15, -0.1) is 5.10 Å². The van der Waals surface area contributed by atoms with Crippen molar-refractivity contribution < 1.29 is 0 Å². The van der Waals surface area contributed by atoms with Gasteiger partial charge in [-0.05, 0) is 12.1 Å². The molecule has 0 amide bonds. The first-order valence-corrected chi connectivity index (χ1v) is 6.32. The molecular weight excluding hydrogens is 272 g/mol. The van der Waals surface area contributed by atoms with Gasteiger partial charge < -0.3 is 0 Å². The minimum absolute atomic E-state index is 0.0932. The van der Waals surface area contributed by atoms with Gasteiger partial charge in [-0.25, -0.2) is 0 Å². The standard InChI is InChI=1S/C11H7ClN4OS/c12-11-8(14-15-18-11)6-16-9-4-2-1-3-7(9)10(17)5-13-16/h1-5H,6H2. The van der Waals surface area contributed by atoms with Crippen molar-refractivity contribution in [1.82, 2.24) is 19.4 Å². The molecule has 3 aromatic rings. The summed E-state index contributed by atoms with van der Waals surface area (Å²) >= 11 is 7.10. The van der Waals surface area contributed by atoms with Crippen LogP contribution in [0.4, 0.5) is 0 Å². The Hall–Kier alpha value is -1.79. The van der Waals surface area contributed by atoms with E-state index >= 15 is 0 Å². The first-order valence-electron chi connectivity index (χ1n) is 5.17. The summed E-state index contributed by atoms with van der Waals surface area (Å²) in [5.74, 6) is 0. The molecule has 7 heteroatoms. The van der Waals surface area contributed by atoms with Crippen LogP contribution in [0.2, 0.25) is 4.34 Å². The zero-order valence-corrected chi connectivity index (χ0v) is 10.6. The molecule has 0 aliphatic rings. The van der Waals surface area contributed by atoms with Gasteiger partial charge in [0.25, 0.3) is 0 Å². The van der Waals surface area contributed by atoms with Crippen LogP contribution in [0.3, 0.4) is 0 Å². The average Bonchev–Trinajstić information content (AvgIpc) is 2.79. The molecule has 0 atom stereocenters. The van der Waals surface area contributed by atoms with Crippen LogP contribution >= 0.6 is 23.1 Å². The summed E-state index contributed by atoms with van der Waals surface area (Å²) in [6.45, 7) is 0.399. The normalized spacial score (nSPS) is 10.9. The van der Waals surface area contributed by atoms with Gasteiger partial charge in [0.15, 0.2) is 0 Å². The topological polar surface area (TPSA) is 60.7 Å². The van der Waals surface area contributed by atoms with E-state index in [-0.39, 0.29) is 5.43 Å². The van der Waals surface area contributed by atoms with E-state index in [0.717, 1.165) is 17.0 Å². The largest absolute Gasteiger partial charge is 0.287 e. The van der Waals surface area contributed by atoms with Gasteiger partial charge in [0.1, 0.15) is 10.0 Å². The summed E-state index contributed by atoms with van der Waals surface area (Å²) < 4.78 is 6.01. The van der Waals surface area contributed by atoms with E-state index in [9.17, 15) is 4.79 Å². The quantitative estimate of drug-likeness (QED) is 0.719. The van der Waals surface area contributed by atoms with E-state index in [1.165, 1.54) is 6.20 Å². The van der Waals surface area contributed by atoms with E-state index in [4.69, 9.17) is 11.6 Å². The molecule has 0 aliphatic carbocycles. The smallest absolute Gasteiger partial charge is 0.207 e. The Labute approximate surface area is 111 Å². The Bertz CT molecular complexity index is 767. The number of hydrogen-bond donors (Lipinski definition) is 0. The fraction of sp³-hybridized carbons (Fsp3) is 0.0909. The van der Waals surface area contributed by atoms with E-state index in [0.29, 0.717) is 22.0 Å². The summed E-state index contributed by atoms with van der Waals surface area (Å²) in [4.78, 5) is 11.7. The van der Waals surface area contributed by atoms with Crippen molar-refractivity contribution >= 4 is 34.0 Å². The number of rotatable bonds is 2. The van der Waals surface area contributed by atoms with Crippen molar-refractivity contribution in [3.8, 4) is 0 Å². The zero-order valence-electron chi connectivity index (χ0n) is 9.08. The predicted molar refractivity (Wildman–Crippen MR) is 70.0 cm³/mol. The third-order valence-electron chi connectivity index (χ3n) is 2.57. The zero-order chi connectivity index (χ0) is 12.5. The molecule has 2 heterocycles. The second-order valence-electron chi connectivity index (χ2n) is 3.68. The van der Waals surface area contributed by atoms with Crippen molar-refractivity contribution in [2.75, 3.05) is 0 Å². The lowest BCUT2D eigenvalue weighted by molar-refractivity contribution is 0.678. The summed E-state index contributed by atoms with van der Waals surface area (Å²) in [5.41, 5.74) is 1.32. The van der Waals surface area contributed by atoms with Crippen LogP contribution in [-0.2, 0) is 6.54 Å². The summed E-state index contributed by atoms with van der Waals surface area (Å²) in [7, 11) is 0. The molecule has 18 heavy (non-hydrogen) atoms. The highest BCUT2D eigenvalue weighted by molar-refractivity contribution is 7.10. The number of fused-ring (bicyclic) bond motifs is 1. The van der Waals surface area contributed by atoms with Crippen LogP contribution in [0.1, 0.15) is 5.69 Å². The lowest BCUT2D eigenvalue weighted by Crippen LogP contribution is -2.13. The first-order chi connectivity index (χ1) is 8.75. The molecule has 3 rings (SSSR count). The van der Waals surface area contributed by atoms with Crippen LogP contribution in [0.25, 0.3) is 10.9 Å². The van der Waals surface area contributed by atoms with Gasteiger partial charge in [-0.3, -0.25) is 9.48 Å². The SMILES string of the molecule is O=c1cnn(Cc2nnsc2Cl)c2ccccc12.